The first-order chi connectivity index (χ1) is 11.3. The Labute approximate surface area is 140 Å². The van der Waals surface area contributed by atoms with Gasteiger partial charge in [-0.1, -0.05) is 0 Å². The summed E-state index contributed by atoms with van der Waals surface area (Å²) in [5.74, 6) is 0.0172. The van der Waals surface area contributed by atoms with Crippen molar-refractivity contribution in [2.24, 2.45) is 0 Å². The average Bonchev–Trinajstić information content (AvgIpc) is 2.50. The minimum Gasteiger partial charge on any atom is -0.435 e. The zero-order chi connectivity index (χ0) is 17.7. The van der Waals surface area contributed by atoms with Crippen molar-refractivity contribution in [1.82, 2.24) is 0 Å². The van der Waals surface area contributed by atoms with E-state index in [0.717, 1.165) is 0 Å². The maximum absolute atomic E-state index is 12.1. The van der Waals surface area contributed by atoms with Gasteiger partial charge in [0.25, 0.3) is 5.69 Å². The molecule has 0 spiro atoms. The van der Waals surface area contributed by atoms with Crippen molar-refractivity contribution in [3.8, 4) is 5.75 Å². The Bertz CT molecular complexity index is 756. The molecule has 0 bridgehead atoms. The molecule has 0 aliphatic rings. The van der Waals surface area contributed by atoms with Crippen LogP contribution in [-0.4, -0.2) is 16.6 Å². The lowest BCUT2D eigenvalue weighted by molar-refractivity contribution is -0.383. The molecule has 4 N–H and O–H groups in total. The number of alkyl halides is 2. The lowest BCUT2D eigenvalue weighted by Crippen LogP contribution is -2.19. The van der Waals surface area contributed by atoms with Crippen LogP contribution in [0, 0.1) is 10.1 Å². The Hall–Kier alpha value is -3.01. The van der Waals surface area contributed by atoms with Crippen LogP contribution in [-0.2, 0) is 0 Å². The second-order valence-corrected chi connectivity index (χ2v) is 4.92. The SMILES string of the molecule is Nc1ccc(NC(=S)Nc2ccc(OC(F)F)cc2)cc1[N+](=O)[O-]. The number of nitro benzene ring substituents is 1. The number of halogens is 2. The lowest BCUT2D eigenvalue weighted by Gasteiger charge is -2.11. The molecule has 0 aromatic heterocycles. The van der Waals surface area contributed by atoms with E-state index in [1.807, 2.05) is 0 Å². The van der Waals surface area contributed by atoms with E-state index in [9.17, 15) is 18.9 Å². The Morgan fingerprint density at radius 1 is 1.17 bits per heavy atom. The molecule has 0 amide bonds. The standard InChI is InChI=1S/C14H12F2N4O3S/c15-13(16)23-10-4-1-8(2-5-10)18-14(24)19-9-3-6-11(17)12(7-9)20(21)22/h1-7,13H,17H2,(H2,18,19,24). The minimum absolute atomic E-state index is 0.0172. The van der Waals surface area contributed by atoms with E-state index in [0.29, 0.717) is 11.4 Å². The van der Waals surface area contributed by atoms with Crippen molar-refractivity contribution >= 4 is 40.1 Å². The van der Waals surface area contributed by atoms with Gasteiger partial charge in [0, 0.05) is 17.4 Å². The summed E-state index contributed by atoms with van der Waals surface area (Å²) in [4.78, 5) is 10.2. The Morgan fingerprint density at radius 2 is 1.75 bits per heavy atom. The number of ether oxygens (including phenoxy) is 1. The quantitative estimate of drug-likeness (QED) is 0.326. The largest absolute Gasteiger partial charge is 0.435 e. The molecule has 0 saturated carbocycles. The van der Waals surface area contributed by atoms with E-state index >= 15 is 0 Å². The van der Waals surface area contributed by atoms with Crippen LogP contribution in [0.3, 0.4) is 0 Å². The topological polar surface area (TPSA) is 102 Å². The molecule has 0 aliphatic carbocycles. The molecule has 2 aromatic rings. The Balaban J connectivity index is 2.00. The van der Waals surface area contributed by atoms with Crippen LogP contribution in [0.4, 0.5) is 31.5 Å². The van der Waals surface area contributed by atoms with Gasteiger partial charge < -0.3 is 21.1 Å². The van der Waals surface area contributed by atoms with E-state index in [1.54, 1.807) is 0 Å². The third-order valence-corrected chi connectivity index (χ3v) is 3.03. The number of rotatable bonds is 5. The first-order valence-electron chi connectivity index (χ1n) is 6.52. The summed E-state index contributed by atoms with van der Waals surface area (Å²) < 4.78 is 28.4. The van der Waals surface area contributed by atoms with Gasteiger partial charge in [0.2, 0.25) is 0 Å². The van der Waals surface area contributed by atoms with Crippen LogP contribution in [0.2, 0.25) is 0 Å². The summed E-state index contributed by atoms with van der Waals surface area (Å²) in [5, 5.41) is 16.6. The maximum atomic E-state index is 12.1. The lowest BCUT2D eigenvalue weighted by atomic mass is 10.2. The van der Waals surface area contributed by atoms with Gasteiger partial charge in [-0.05, 0) is 48.6 Å². The second-order valence-electron chi connectivity index (χ2n) is 4.51. The summed E-state index contributed by atoms with van der Waals surface area (Å²) in [5.41, 5.74) is 6.22. The number of thiocarbonyl (C=S) groups is 1. The summed E-state index contributed by atoms with van der Waals surface area (Å²) in [6, 6.07) is 9.88. The molecule has 0 atom stereocenters. The van der Waals surface area contributed by atoms with Gasteiger partial charge in [-0.15, -0.1) is 0 Å². The fraction of sp³-hybridized carbons (Fsp3) is 0.0714. The highest BCUT2D eigenvalue weighted by atomic mass is 32.1. The smallest absolute Gasteiger partial charge is 0.387 e. The third-order valence-electron chi connectivity index (χ3n) is 2.82. The first kappa shape index (κ1) is 17.3. The molecule has 0 radical (unpaired) electrons. The van der Waals surface area contributed by atoms with Gasteiger partial charge in [-0.2, -0.15) is 8.78 Å². The van der Waals surface area contributed by atoms with Gasteiger partial charge in [-0.3, -0.25) is 10.1 Å². The zero-order valence-corrected chi connectivity index (χ0v) is 12.8. The number of benzene rings is 2. The predicted octanol–water partition coefficient (Wildman–Crippen LogP) is 3.59. The van der Waals surface area contributed by atoms with Gasteiger partial charge in [-0.25, -0.2) is 0 Å². The van der Waals surface area contributed by atoms with Crippen molar-refractivity contribution < 1.29 is 18.4 Å². The monoisotopic (exact) mass is 354 g/mol. The molecule has 2 rings (SSSR count). The number of hydrogen-bond acceptors (Lipinski definition) is 5. The Morgan fingerprint density at radius 3 is 2.33 bits per heavy atom. The number of hydrogen-bond donors (Lipinski definition) is 3. The summed E-state index contributed by atoms with van der Waals surface area (Å²) in [6.45, 7) is -2.90. The van der Waals surface area contributed by atoms with Crippen LogP contribution in [0.25, 0.3) is 0 Å². The molecule has 0 aliphatic heterocycles. The van der Waals surface area contributed by atoms with Crippen LogP contribution in [0.15, 0.2) is 42.5 Å². The van der Waals surface area contributed by atoms with Crippen LogP contribution in [0.1, 0.15) is 0 Å². The summed E-state index contributed by atoms with van der Waals surface area (Å²) in [7, 11) is 0. The molecule has 0 fully saturated rings. The van der Waals surface area contributed by atoms with Crippen LogP contribution in [0.5, 0.6) is 5.75 Å². The van der Waals surface area contributed by atoms with Crippen LogP contribution >= 0.6 is 12.2 Å². The number of nitro groups is 1. The van der Waals surface area contributed by atoms with E-state index in [2.05, 4.69) is 15.4 Å². The average molecular weight is 354 g/mol. The Kier molecular flexibility index (Phi) is 5.42. The van der Waals surface area contributed by atoms with Crippen molar-refractivity contribution in [3.63, 3.8) is 0 Å². The predicted molar refractivity (Wildman–Crippen MR) is 90.4 cm³/mol. The molecule has 0 saturated heterocycles. The molecule has 2 aromatic carbocycles. The van der Waals surface area contributed by atoms with Crippen molar-refractivity contribution in [1.29, 1.82) is 0 Å². The molecular weight excluding hydrogens is 342 g/mol. The van der Waals surface area contributed by atoms with Gasteiger partial charge >= 0.3 is 6.61 Å². The van der Waals surface area contributed by atoms with E-state index < -0.39 is 11.5 Å². The van der Waals surface area contributed by atoms with Crippen molar-refractivity contribution in [2.45, 2.75) is 6.61 Å². The second kappa shape index (κ2) is 7.51. The van der Waals surface area contributed by atoms with E-state index in [-0.39, 0.29) is 22.2 Å². The number of anilines is 3. The normalized spacial score (nSPS) is 10.3. The number of nitrogens with one attached hydrogen (secondary N) is 2. The molecule has 24 heavy (non-hydrogen) atoms. The molecule has 10 heteroatoms. The fourth-order valence-corrected chi connectivity index (χ4v) is 2.03. The van der Waals surface area contributed by atoms with Gasteiger partial charge in [0.05, 0.1) is 4.92 Å². The third kappa shape index (κ3) is 4.74. The number of nitrogens with two attached hydrogens (primary N) is 1. The van der Waals surface area contributed by atoms with Crippen LogP contribution < -0.4 is 21.1 Å². The highest BCUT2D eigenvalue weighted by Crippen LogP contribution is 2.25. The number of nitrogens with zero attached hydrogens (tertiary/aromatic N) is 1. The minimum atomic E-state index is -2.90. The maximum Gasteiger partial charge on any atom is 0.387 e. The molecule has 0 heterocycles. The summed E-state index contributed by atoms with van der Waals surface area (Å²) in [6.07, 6.45) is 0. The van der Waals surface area contributed by atoms with E-state index in [1.165, 1.54) is 42.5 Å². The van der Waals surface area contributed by atoms with Gasteiger partial charge in [0.1, 0.15) is 11.4 Å². The van der Waals surface area contributed by atoms with Gasteiger partial charge in [0.15, 0.2) is 5.11 Å². The zero-order valence-electron chi connectivity index (χ0n) is 12.0. The number of nitrogen functional groups attached to an aromatic ring is 1. The van der Waals surface area contributed by atoms with Crippen molar-refractivity contribution in [2.75, 3.05) is 16.4 Å². The summed E-state index contributed by atoms with van der Waals surface area (Å²) >= 11 is 5.09. The van der Waals surface area contributed by atoms with Crippen molar-refractivity contribution in [3.05, 3.63) is 52.6 Å². The first-order valence-corrected chi connectivity index (χ1v) is 6.93. The fourth-order valence-electron chi connectivity index (χ4n) is 1.79. The molecule has 126 valence electrons. The molecule has 0 unspecified atom stereocenters. The molecular formula is C14H12F2N4O3S. The van der Waals surface area contributed by atoms with E-state index in [4.69, 9.17) is 18.0 Å². The highest BCUT2D eigenvalue weighted by Gasteiger charge is 2.12. The highest BCUT2D eigenvalue weighted by molar-refractivity contribution is 7.80. The molecule has 7 nitrogen and oxygen atoms in total.